The molecule has 2 heterocycles. The maximum absolute atomic E-state index is 13.3. The molecule has 0 saturated heterocycles. The molecule has 0 unspecified atom stereocenters. The molecule has 0 amide bonds. The fraction of sp³-hybridized carbons (Fsp3) is 0.188. The lowest BCUT2D eigenvalue weighted by atomic mass is 10.1. The maximum atomic E-state index is 13.3. The summed E-state index contributed by atoms with van der Waals surface area (Å²) in [5.41, 5.74) is 8.17. The van der Waals surface area contributed by atoms with Crippen LogP contribution in [0.15, 0.2) is 48.8 Å². The average Bonchev–Trinajstić information content (AvgIpc) is 2.88. The predicted octanol–water partition coefficient (Wildman–Crippen LogP) is 3.07. The Morgan fingerprint density at radius 1 is 1.33 bits per heavy atom. The Morgan fingerprint density at radius 2 is 2.19 bits per heavy atom. The van der Waals surface area contributed by atoms with Crippen molar-refractivity contribution in [2.75, 3.05) is 0 Å². The van der Waals surface area contributed by atoms with Crippen molar-refractivity contribution in [3.63, 3.8) is 0 Å². The molecule has 0 spiro atoms. The number of rotatable bonds is 4. The van der Waals surface area contributed by atoms with Crippen molar-refractivity contribution in [2.45, 2.75) is 19.6 Å². The zero-order valence-electron chi connectivity index (χ0n) is 11.7. The zero-order valence-corrected chi connectivity index (χ0v) is 11.7. The minimum atomic E-state index is -0.317. The molecule has 3 rings (SSSR count). The van der Waals surface area contributed by atoms with Crippen LogP contribution in [0.25, 0.3) is 5.65 Å². The first kappa shape index (κ1) is 13.6. The average molecular weight is 285 g/mol. The molecular formula is C16H16FN3O. The molecular weight excluding hydrogens is 269 g/mol. The van der Waals surface area contributed by atoms with E-state index < -0.39 is 0 Å². The van der Waals surface area contributed by atoms with Gasteiger partial charge in [-0.25, -0.2) is 9.37 Å². The van der Waals surface area contributed by atoms with Crippen molar-refractivity contribution >= 4 is 5.65 Å². The molecule has 0 saturated carbocycles. The van der Waals surface area contributed by atoms with E-state index in [9.17, 15) is 4.39 Å². The molecule has 2 aromatic heterocycles. The molecule has 0 aliphatic heterocycles. The highest BCUT2D eigenvalue weighted by Crippen LogP contribution is 2.25. The van der Waals surface area contributed by atoms with Crippen LogP contribution in [0, 0.1) is 5.82 Å². The molecule has 21 heavy (non-hydrogen) atoms. The summed E-state index contributed by atoms with van der Waals surface area (Å²) in [5.74, 6) is 0.269. The smallest absolute Gasteiger partial charge is 0.137 e. The van der Waals surface area contributed by atoms with Gasteiger partial charge in [0.15, 0.2) is 0 Å². The summed E-state index contributed by atoms with van der Waals surface area (Å²) in [7, 11) is 0. The van der Waals surface area contributed by atoms with Crippen molar-refractivity contribution in [2.24, 2.45) is 5.73 Å². The first-order valence-corrected chi connectivity index (χ1v) is 6.74. The fourth-order valence-corrected chi connectivity index (χ4v) is 2.22. The maximum Gasteiger partial charge on any atom is 0.137 e. The van der Waals surface area contributed by atoms with Crippen molar-refractivity contribution in [1.82, 2.24) is 9.38 Å². The van der Waals surface area contributed by atoms with Crippen molar-refractivity contribution in [3.8, 4) is 5.75 Å². The molecule has 0 fully saturated rings. The minimum absolute atomic E-state index is 0.295. The molecule has 0 bridgehead atoms. The third-order valence-electron chi connectivity index (χ3n) is 3.25. The number of aromatic nitrogens is 2. The second kappa shape index (κ2) is 5.54. The van der Waals surface area contributed by atoms with Crippen molar-refractivity contribution < 1.29 is 9.13 Å². The van der Waals surface area contributed by atoms with Gasteiger partial charge in [-0.05, 0) is 37.3 Å². The van der Waals surface area contributed by atoms with Gasteiger partial charge in [-0.15, -0.1) is 0 Å². The number of benzene rings is 1. The third-order valence-corrected chi connectivity index (χ3v) is 3.25. The summed E-state index contributed by atoms with van der Waals surface area (Å²) in [6, 6.07) is 9.87. The first-order valence-electron chi connectivity index (χ1n) is 6.74. The van der Waals surface area contributed by atoms with E-state index in [-0.39, 0.29) is 11.9 Å². The normalized spacial score (nSPS) is 12.5. The van der Waals surface area contributed by atoms with Crippen LogP contribution >= 0.6 is 0 Å². The van der Waals surface area contributed by atoms with Gasteiger partial charge >= 0.3 is 0 Å². The number of halogens is 1. The lowest BCUT2D eigenvalue weighted by Crippen LogP contribution is -2.08. The number of ether oxygens (including phenoxy) is 1. The summed E-state index contributed by atoms with van der Waals surface area (Å²) in [6.45, 7) is 2.11. The summed E-state index contributed by atoms with van der Waals surface area (Å²) >= 11 is 0. The van der Waals surface area contributed by atoms with E-state index in [4.69, 9.17) is 10.5 Å². The van der Waals surface area contributed by atoms with Crippen molar-refractivity contribution in [3.05, 3.63) is 65.9 Å². The topological polar surface area (TPSA) is 52.5 Å². The molecule has 0 aliphatic carbocycles. The summed E-state index contributed by atoms with van der Waals surface area (Å²) in [4.78, 5) is 4.45. The van der Waals surface area contributed by atoms with Crippen LogP contribution in [0.2, 0.25) is 0 Å². The summed E-state index contributed by atoms with van der Waals surface area (Å²) < 4.78 is 21.0. The second-order valence-electron chi connectivity index (χ2n) is 4.96. The lowest BCUT2D eigenvalue weighted by molar-refractivity contribution is 0.297. The summed E-state index contributed by atoms with van der Waals surface area (Å²) in [6.07, 6.45) is 3.83. The van der Waals surface area contributed by atoms with Crippen LogP contribution in [0.1, 0.15) is 24.2 Å². The van der Waals surface area contributed by atoms with Crippen LogP contribution in [-0.2, 0) is 6.61 Å². The SMILES string of the molecule is C[C@@H](N)c1cc(F)ccc1OCc1cn2ccccc2n1. The quantitative estimate of drug-likeness (QED) is 0.801. The van der Waals surface area contributed by atoms with E-state index in [0.717, 1.165) is 11.3 Å². The summed E-state index contributed by atoms with van der Waals surface area (Å²) in [5, 5.41) is 0. The molecule has 3 aromatic rings. The molecule has 108 valence electrons. The lowest BCUT2D eigenvalue weighted by Gasteiger charge is -2.13. The standard InChI is InChI=1S/C16H16FN3O/c1-11(18)14-8-12(17)5-6-15(14)21-10-13-9-20-7-3-2-4-16(20)19-13/h2-9,11H,10,18H2,1H3/t11-/m1/s1. The highest BCUT2D eigenvalue weighted by atomic mass is 19.1. The number of nitrogens with zero attached hydrogens (tertiary/aromatic N) is 2. The Morgan fingerprint density at radius 3 is 2.95 bits per heavy atom. The van der Waals surface area contributed by atoms with Crippen LogP contribution in [0.5, 0.6) is 5.75 Å². The number of nitrogens with two attached hydrogens (primary N) is 1. The van der Waals surface area contributed by atoms with Gasteiger partial charge in [0.2, 0.25) is 0 Å². The molecule has 1 atom stereocenters. The zero-order chi connectivity index (χ0) is 14.8. The number of pyridine rings is 1. The Labute approximate surface area is 122 Å². The van der Waals surface area contributed by atoms with Crippen LogP contribution in [0.3, 0.4) is 0 Å². The van der Waals surface area contributed by atoms with E-state index in [1.807, 2.05) is 35.0 Å². The highest BCUT2D eigenvalue weighted by Gasteiger charge is 2.10. The first-order chi connectivity index (χ1) is 10.1. The second-order valence-corrected chi connectivity index (χ2v) is 4.96. The monoisotopic (exact) mass is 285 g/mol. The van der Waals surface area contributed by atoms with Gasteiger partial charge in [-0.1, -0.05) is 6.07 Å². The Balaban J connectivity index is 1.81. The number of hydrogen-bond donors (Lipinski definition) is 1. The number of imidazole rings is 1. The van der Waals surface area contributed by atoms with Gasteiger partial charge in [-0.2, -0.15) is 0 Å². The number of hydrogen-bond acceptors (Lipinski definition) is 3. The van der Waals surface area contributed by atoms with E-state index in [1.54, 1.807) is 13.0 Å². The van der Waals surface area contributed by atoms with Crippen LogP contribution < -0.4 is 10.5 Å². The van der Waals surface area contributed by atoms with E-state index in [0.29, 0.717) is 17.9 Å². The molecule has 0 aliphatic rings. The van der Waals surface area contributed by atoms with Crippen LogP contribution in [-0.4, -0.2) is 9.38 Å². The minimum Gasteiger partial charge on any atom is -0.487 e. The molecule has 1 aromatic carbocycles. The van der Waals surface area contributed by atoms with Gasteiger partial charge in [0.25, 0.3) is 0 Å². The van der Waals surface area contributed by atoms with Crippen LogP contribution in [0.4, 0.5) is 4.39 Å². The van der Waals surface area contributed by atoms with Gasteiger partial charge < -0.3 is 14.9 Å². The van der Waals surface area contributed by atoms with Gasteiger partial charge in [-0.3, -0.25) is 0 Å². The third kappa shape index (κ3) is 2.87. The Bertz CT molecular complexity index is 734. The van der Waals surface area contributed by atoms with Gasteiger partial charge in [0.05, 0.1) is 5.69 Å². The van der Waals surface area contributed by atoms with Crippen molar-refractivity contribution in [1.29, 1.82) is 0 Å². The largest absolute Gasteiger partial charge is 0.487 e. The Hall–Kier alpha value is -2.40. The fourth-order valence-electron chi connectivity index (χ4n) is 2.22. The van der Waals surface area contributed by atoms with E-state index in [2.05, 4.69) is 4.98 Å². The highest BCUT2D eigenvalue weighted by molar-refractivity contribution is 5.40. The molecule has 0 radical (unpaired) electrons. The Kier molecular flexibility index (Phi) is 3.58. The van der Waals surface area contributed by atoms with Gasteiger partial charge in [0, 0.05) is 24.0 Å². The molecule has 2 N–H and O–H groups in total. The van der Waals surface area contributed by atoms with E-state index in [1.165, 1.54) is 12.1 Å². The predicted molar refractivity (Wildman–Crippen MR) is 78.5 cm³/mol. The van der Waals surface area contributed by atoms with E-state index >= 15 is 0 Å². The molecule has 4 nitrogen and oxygen atoms in total. The van der Waals surface area contributed by atoms with Gasteiger partial charge in [0.1, 0.15) is 23.8 Å². The molecule has 5 heteroatoms. The number of fused-ring (bicyclic) bond motifs is 1.